The zero-order valence-corrected chi connectivity index (χ0v) is 10.4. The van der Waals surface area contributed by atoms with Crippen LogP contribution in [0.2, 0.25) is 0 Å². The van der Waals surface area contributed by atoms with E-state index in [9.17, 15) is 4.39 Å². The minimum Gasteiger partial charge on any atom is -0.494 e. The molecule has 0 bridgehead atoms. The van der Waals surface area contributed by atoms with E-state index in [0.717, 1.165) is 13.0 Å². The lowest BCUT2D eigenvalue weighted by molar-refractivity contribution is 0.383. The maximum atomic E-state index is 13.7. The van der Waals surface area contributed by atoms with E-state index in [1.54, 1.807) is 18.2 Å². The lowest BCUT2D eigenvalue weighted by Crippen LogP contribution is -2.17. The third-order valence-electron chi connectivity index (χ3n) is 2.30. The van der Waals surface area contributed by atoms with Gasteiger partial charge >= 0.3 is 0 Å². The molecule has 0 aliphatic heterocycles. The zero-order valence-electron chi connectivity index (χ0n) is 9.59. The Hall–Kier alpha value is -0.800. The Labute approximate surface area is 101 Å². The van der Waals surface area contributed by atoms with Gasteiger partial charge in [-0.15, -0.1) is 11.6 Å². The molecular weight excluding hydrogens is 229 g/mol. The van der Waals surface area contributed by atoms with E-state index in [1.165, 1.54) is 7.11 Å². The second-order valence-corrected chi connectivity index (χ2v) is 4.42. The third kappa shape index (κ3) is 3.99. The van der Waals surface area contributed by atoms with Crippen LogP contribution in [0.1, 0.15) is 18.9 Å². The van der Waals surface area contributed by atoms with Gasteiger partial charge in [-0.1, -0.05) is 12.1 Å². The van der Waals surface area contributed by atoms with Gasteiger partial charge in [-0.25, -0.2) is 4.39 Å². The highest BCUT2D eigenvalue weighted by Crippen LogP contribution is 2.19. The van der Waals surface area contributed by atoms with Crippen molar-refractivity contribution in [3.8, 4) is 5.75 Å². The number of rotatable bonds is 6. The minimum absolute atomic E-state index is 0.141. The van der Waals surface area contributed by atoms with Gasteiger partial charge in [0, 0.05) is 17.5 Å². The summed E-state index contributed by atoms with van der Waals surface area (Å²) in [5.41, 5.74) is 0.613. The van der Waals surface area contributed by atoms with Gasteiger partial charge in [0.05, 0.1) is 7.11 Å². The number of ether oxygens (including phenoxy) is 1. The third-order valence-corrected chi connectivity index (χ3v) is 2.52. The van der Waals surface area contributed by atoms with Gasteiger partial charge in [0.2, 0.25) is 0 Å². The molecule has 1 aromatic carbocycles. The lowest BCUT2D eigenvalue weighted by atomic mass is 10.2. The van der Waals surface area contributed by atoms with E-state index in [0.29, 0.717) is 12.1 Å². The molecule has 4 heteroatoms. The van der Waals surface area contributed by atoms with E-state index in [1.807, 2.05) is 6.92 Å². The molecule has 1 N–H and O–H groups in total. The summed E-state index contributed by atoms with van der Waals surface area (Å²) < 4.78 is 18.6. The second kappa shape index (κ2) is 6.71. The van der Waals surface area contributed by atoms with Crippen molar-refractivity contribution in [3.63, 3.8) is 0 Å². The molecule has 0 aliphatic carbocycles. The molecule has 0 spiro atoms. The predicted molar refractivity (Wildman–Crippen MR) is 64.6 cm³/mol. The van der Waals surface area contributed by atoms with Crippen LogP contribution in [0.25, 0.3) is 0 Å². The van der Waals surface area contributed by atoms with Crippen LogP contribution in [0, 0.1) is 5.82 Å². The number of hydrogen-bond acceptors (Lipinski definition) is 2. The van der Waals surface area contributed by atoms with Gasteiger partial charge in [-0.05, 0) is 26.0 Å². The van der Waals surface area contributed by atoms with Crippen LogP contribution in [0.3, 0.4) is 0 Å². The fourth-order valence-electron chi connectivity index (χ4n) is 1.37. The molecule has 1 rings (SSSR count). The Balaban J connectivity index is 2.47. The number of methoxy groups -OCH3 is 1. The van der Waals surface area contributed by atoms with Crippen LogP contribution >= 0.6 is 11.6 Å². The van der Waals surface area contributed by atoms with E-state index < -0.39 is 0 Å². The number of hydrogen-bond donors (Lipinski definition) is 1. The summed E-state index contributed by atoms with van der Waals surface area (Å²) in [4.78, 5) is 0. The normalized spacial score (nSPS) is 12.5. The van der Waals surface area contributed by atoms with Gasteiger partial charge in [-0.2, -0.15) is 0 Å². The molecule has 16 heavy (non-hydrogen) atoms. The van der Waals surface area contributed by atoms with Crippen molar-refractivity contribution >= 4 is 11.6 Å². The summed E-state index contributed by atoms with van der Waals surface area (Å²) in [6.07, 6.45) is 0.868. The molecule has 2 nitrogen and oxygen atoms in total. The van der Waals surface area contributed by atoms with E-state index in [4.69, 9.17) is 16.3 Å². The highest BCUT2D eigenvalue weighted by atomic mass is 35.5. The number of halogens is 2. The summed E-state index contributed by atoms with van der Waals surface area (Å²) >= 11 is 5.80. The molecule has 0 aliphatic rings. The summed E-state index contributed by atoms with van der Waals surface area (Å²) in [5, 5.41) is 3.29. The minimum atomic E-state index is -0.295. The smallest absolute Gasteiger partial charge is 0.169 e. The summed E-state index contributed by atoms with van der Waals surface area (Å²) in [7, 11) is 1.46. The fraction of sp³-hybridized carbons (Fsp3) is 0.500. The summed E-state index contributed by atoms with van der Waals surface area (Å²) in [5.74, 6) is -0.0126. The first-order chi connectivity index (χ1) is 7.65. The van der Waals surface area contributed by atoms with Gasteiger partial charge < -0.3 is 10.1 Å². The van der Waals surface area contributed by atoms with Crippen molar-refractivity contribution in [2.24, 2.45) is 0 Å². The summed E-state index contributed by atoms with van der Waals surface area (Å²) in [6.45, 7) is 3.21. The Morgan fingerprint density at radius 3 is 2.88 bits per heavy atom. The monoisotopic (exact) mass is 245 g/mol. The van der Waals surface area contributed by atoms with Crippen molar-refractivity contribution in [2.75, 3.05) is 13.7 Å². The first kappa shape index (κ1) is 13.3. The Morgan fingerprint density at radius 2 is 2.25 bits per heavy atom. The molecule has 0 heterocycles. The van der Waals surface area contributed by atoms with Crippen LogP contribution in [0.15, 0.2) is 18.2 Å². The quantitative estimate of drug-likeness (QED) is 0.615. The van der Waals surface area contributed by atoms with Crippen LogP contribution in [-0.2, 0) is 6.54 Å². The first-order valence-corrected chi connectivity index (χ1v) is 5.75. The number of benzene rings is 1. The van der Waals surface area contributed by atoms with Crippen molar-refractivity contribution < 1.29 is 9.13 Å². The Bertz CT molecular complexity index is 331. The van der Waals surface area contributed by atoms with Crippen LogP contribution in [0.4, 0.5) is 4.39 Å². The van der Waals surface area contributed by atoms with E-state index >= 15 is 0 Å². The van der Waals surface area contributed by atoms with Gasteiger partial charge in [0.25, 0.3) is 0 Å². The van der Waals surface area contributed by atoms with Gasteiger partial charge in [0.15, 0.2) is 11.6 Å². The molecule has 1 atom stereocenters. The molecule has 0 radical (unpaired) electrons. The van der Waals surface area contributed by atoms with Crippen LogP contribution < -0.4 is 10.1 Å². The summed E-state index contributed by atoms with van der Waals surface area (Å²) in [6, 6.07) is 5.14. The Kier molecular flexibility index (Phi) is 5.56. The average molecular weight is 246 g/mol. The largest absolute Gasteiger partial charge is 0.494 e. The van der Waals surface area contributed by atoms with Crippen molar-refractivity contribution in [2.45, 2.75) is 25.3 Å². The molecule has 1 unspecified atom stereocenters. The molecule has 0 amide bonds. The molecule has 0 saturated heterocycles. The highest BCUT2D eigenvalue weighted by molar-refractivity contribution is 6.20. The lowest BCUT2D eigenvalue weighted by Gasteiger charge is -2.09. The molecule has 0 aromatic heterocycles. The predicted octanol–water partition coefficient (Wildman–Crippen LogP) is 2.94. The molecule has 90 valence electrons. The van der Waals surface area contributed by atoms with E-state index in [2.05, 4.69) is 5.32 Å². The number of alkyl halides is 1. The zero-order chi connectivity index (χ0) is 12.0. The van der Waals surface area contributed by atoms with Crippen LogP contribution in [-0.4, -0.2) is 19.0 Å². The van der Waals surface area contributed by atoms with Gasteiger partial charge in [0.1, 0.15) is 0 Å². The molecule has 0 fully saturated rings. The van der Waals surface area contributed by atoms with Crippen molar-refractivity contribution in [1.29, 1.82) is 0 Å². The second-order valence-electron chi connectivity index (χ2n) is 3.68. The molecule has 1 aromatic rings. The van der Waals surface area contributed by atoms with Crippen molar-refractivity contribution in [3.05, 3.63) is 29.6 Å². The SMILES string of the molecule is COc1cccc(CNCCC(C)Cl)c1F. The van der Waals surface area contributed by atoms with E-state index in [-0.39, 0.29) is 16.9 Å². The van der Waals surface area contributed by atoms with Crippen molar-refractivity contribution in [1.82, 2.24) is 5.32 Å². The fourth-order valence-corrected chi connectivity index (χ4v) is 1.48. The van der Waals surface area contributed by atoms with Crippen LogP contribution in [0.5, 0.6) is 5.75 Å². The Morgan fingerprint density at radius 1 is 1.50 bits per heavy atom. The maximum Gasteiger partial charge on any atom is 0.169 e. The first-order valence-electron chi connectivity index (χ1n) is 5.31. The van der Waals surface area contributed by atoms with Gasteiger partial charge in [-0.3, -0.25) is 0 Å². The highest BCUT2D eigenvalue weighted by Gasteiger charge is 2.07. The molecular formula is C12H17ClFNO. The standard InChI is InChI=1S/C12H17ClFNO/c1-9(13)6-7-15-8-10-4-3-5-11(16-2)12(10)14/h3-5,9,15H,6-8H2,1-2H3. The number of nitrogens with one attached hydrogen (secondary N) is 1. The average Bonchev–Trinajstić information content (AvgIpc) is 2.26. The maximum absolute atomic E-state index is 13.7. The molecule has 0 saturated carbocycles. The topological polar surface area (TPSA) is 21.3 Å².